The summed E-state index contributed by atoms with van der Waals surface area (Å²) in [5, 5.41) is 6.70. The standard InChI is InChI=1S/C25H44N4O2.C18H38O.C12H26O/c1-26-25-23-27-17-15-24(25)28-16-14-20-29(18-10-6-2-4-8-12-21-30)19-11-7-3-5-9-13-22-31;1-4-6-8-10-12-14-16-18(19-3)17-15-13-11-9-7-5-2;1-4-6-7-8-9-10-11-12(5-2)13-3/h15,17,21-23,26H,2-14,16,18-20H2,1H3,(H,27,28);18H,4-17H2,1-3H3;12H,4-11H2,1-3H3. The van der Waals surface area contributed by atoms with E-state index >= 15 is 0 Å². The quantitative estimate of drug-likeness (QED) is 0.0494. The van der Waals surface area contributed by atoms with Crippen LogP contribution in [0, 0.1) is 0 Å². The number of carbonyl (C=O) groups excluding carboxylic acids is 2. The SMILES string of the molecule is CCCCCCCCC(CC)OC.CCCCCCCCC(CCCCCCCC)OC.CNc1cnccc1NCCCN(CCCCCCCC=O)CCCCCCCC=O. The minimum Gasteiger partial charge on any atom is -0.385 e. The lowest BCUT2D eigenvalue weighted by Gasteiger charge is -2.23. The fraction of sp³-hybridized carbons (Fsp3) is 0.873. The van der Waals surface area contributed by atoms with E-state index in [4.69, 9.17) is 9.47 Å². The summed E-state index contributed by atoms with van der Waals surface area (Å²) in [6.07, 6.45) is 51.1. The predicted molar refractivity (Wildman–Crippen MR) is 277 cm³/mol. The van der Waals surface area contributed by atoms with Crippen molar-refractivity contribution in [2.24, 2.45) is 0 Å². The van der Waals surface area contributed by atoms with Crippen LogP contribution in [0.3, 0.4) is 0 Å². The van der Waals surface area contributed by atoms with Gasteiger partial charge in [0, 0.05) is 46.9 Å². The minimum atomic E-state index is 0.506. The molecule has 0 spiro atoms. The van der Waals surface area contributed by atoms with Crippen LogP contribution >= 0.6 is 0 Å². The van der Waals surface area contributed by atoms with Gasteiger partial charge in [0.15, 0.2) is 0 Å². The molecule has 1 atom stereocenters. The summed E-state index contributed by atoms with van der Waals surface area (Å²) in [5.41, 5.74) is 2.14. The van der Waals surface area contributed by atoms with E-state index < -0.39 is 0 Å². The molecular formula is C55H108N4O4. The number of nitrogens with zero attached hydrogens (tertiary/aromatic N) is 2. The van der Waals surface area contributed by atoms with Crippen molar-refractivity contribution in [3.63, 3.8) is 0 Å². The molecule has 372 valence electrons. The van der Waals surface area contributed by atoms with Crippen LogP contribution in [0.2, 0.25) is 0 Å². The molecular weight excluding hydrogens is 781 g/mol. The number of hydrogen-bond donors (Lipinski definition) is 2. The van der Waals surface area contributed by atoms with E-state index in [9.17, 15) is 9.59 Å². The van der Waals surface area contributed by atoms with Crippen molar-refractivity contribution >= 4 is 23.9 Å². The zero-order chi connectivity index (χ0) is 46.5. The lowest BCUT2D eigenvalue weighted by molar-refractivity contribution is -0.108. The summed E-state index contributed by atoms with van der Waals surface area (Å²) < 4.78 is 10.9. The molecule has 8 nitrogen and oxygen atoms in total. The second-order valence-corrected chi connectivity index (χ2v) is 18.0. The van der Waals surface area contributed by atoms with Gasteiger partial charge in [0.1, 0.15) is 12.6 Å². The Labute approximate surface area is 392 Å². The van der Waals surface area contributed by atoms with E-state index in [2.05, 4.69) is 48.2 Å². The summed E-state index contributed by atoms with van der Waals surface area (Å²) in [6.45, 7) is 13.4. The topological polar surface area (TPSA) is 92.8 Å². The Bertz CT molecular complexity index is 988. The van der Waals surface area contributed by atoms with Gasteiger partial charge in [-0.25, -0.2) is 0 Å². The Morgan fingerprint density at radius 3 is 1.33 bits per heavy atom. The summed E-state index contributed by atoms with van der Waals surface area (Å²) in [7, 11) is 5.63. The van der Waals surface area contributed by atoms with Crippen LogP contribution in [0.5, 0.6) is 0 Å². The number of methoxy groups -OCH3 is 2. The van der Waals surface area contributed by atoms with E-state index in [1.807, 2.05) is 39.7 Å². The van der Waals surface area contributed by atoms with Crippen LogP contribution in [0.1, 0.15) is 252 Å². The molecule has 0 saturated carbocycles. The summed E-state index contributed by atoms with van der Waals surface area (Å²) in [5.74, 6) is 0. The number of aromatic nitrogens is 1. The van der Waals surface area contributed by atoms with Crippen molar-refractivity contribution in [2.45, 2.75) is 265 Å². The summed E-state index contributed by atoms with van der Waals surface area (Å²) in [6, 6.07) is 2.01. The number of carbonyl (C=O) groups is 2. The molecule has 8 heteroatoms. The number of ether oxygens (including phenoxy) is 2. The number of rotatable bonds is 46. The monoisotopic (exact) mass is 889 g/mol. The zero-order valence-corrected chi connectivity index (χ0v) is 43.1. The van der Waals surface area contributed by atoms with Crippen molar-refractivity contribution in [1.82, 2.24) is 9.88 Å². The van der Waals surface area contributed by atoms with Crippen molar-refractivity contribution in [3.05, 3.63) is 18.5 Å². The van der Waals surface area contributed by atoms with Crippen LogP contribution in [0.25, 0.3) is 0 Å². The number of hydrogen-bond acceptors (Lipinski definition) is 8. The van der Waals surface area contributed by atoms with Gasteiger partial charge in [-0.2, -0.15) is 0 Å². The maximum absolute atomic E-state index is 10.4. The molecule has 0 aliphatic rings. The summed E-state index contributed by atoms with van der Waals surface area (Å²) in [4.78, 5) is 27.6. The first-order chi connectivity index (χ1) is 31.0. The largest absolute Gasteiger partial charge is 0.385 e. The molecule has 2 N–H and O–H groups in total. The third kappa shape index (κ3) is 46.3. The molecule has 0 aromatic carbocycles. The predicted octanol–water partition coefficient (Wildman–Crippen LogP) is 16.0. The third-order valence-electron chi connectivity index (χ3n) is 12.4. The number of anilines is 2. The fourth-order valence-corrected chi connectivity index (χ4v) is 8.12. The van der Waals surface area contributed by atoms with Gasteiger partial charge in [-0.05, 0) is 83.5 Å². The van der Waals surface area contributed by atoms with Crippen LogP contribution in [0.15, 0.2) is 18.5 Å². The lowest BCUT2D eigenvalue weighted by Crippen LogP contribution is -2.28. The molecule has 0 bridgehead atoms. The van der Waals surface area contributed by atoms with Crippen LogP contribution < -0.4 is 10.6 Å². The van der Waals surface area contributed by atoms with E-state index in [0.29, 0.717) is 25.0 Å². The molecule has 1 aromatic heterocycles. The minimum absolute atomic E-state index is 0.506. The zero-order valence-electron chi connectivity index (χ0n) is 43.1. The average molecular weight is 889 g/mol. The van der Waals surface area contributed by atoms with Gasteiger partial charge in [-0.15, -0.1) is 0 Å². The third-order valence-corrected chi connectivity index (χ3v) is 12.4. The number of aldehydes is 2. The lowest BCUT2D eigenvalue weighted by atomic mass is 10.0. The Kier molecular flexibility index (Phi) is 54.4. The molecule has 0 fully saturated rings. The van der Waals surface area contributed by atoms with Crippen molar-refractivity contribution in [2.75, 3.05) is 58.1 Å². The Hall–Kier alpha value is -2.03. The molecule has 0 aliphatic heterocycles. The van der Waals surface area contributed by atoms with E-state index in [0.717, 1.165) is 75.8 Å². The first-order valence-electron chi connectivity index (χ1n) is 27.0. The highest BCUT2D eigenvalue weighted by molar-refractivity contribution is 5.66. The van der Waals surface area contributed by atoms with E-state index in [1.54, 1.807) is 0 Å². The van der Waals surface area contributed by atoms with Crippen LogP contribution in [-0.2, 0) is 19.1 Å². The first-order valence-corrected chi connectivity index (χ1v) is 27.0. The molecule has 0 amide bonds. The van der Waals surface area contributed by atoms with Gasteiger partial charge in [0.2, 0.25) is 0 Å². The van der Waals surface area contributed by atoms with Crippen LogP contribution in [0.4, 0.5) is 11.4 Å². The molecule has 1 unspecified atom stereocenters. The second-order valence-electron chi connectivity index (χ2n) is 18.0. The summed E-state index contributed by atoms with van der Waals surface area (Å²) >= 11 is 0. The number of pyridine rings is 1. The van der Waals surface area contributed by atoms with Crippen molar-refractivity contribution < 1.29 is 19.1 Å². The Morgan fingerprint density at radius 1 is 0.524 bits per heavy atom. The normalized spacial score (nSPS) is 11.5. The van der Waals surface area contributed by atoms with Crippen molar-refractivity contribution in [3.8, 4) is 0 Å². The average Bonchev–Trinajstić information content (AvgIpc) is 3.31. The molecule has 0 radical (unpaired) electrons. The molecule has 1 heterocycles. The molecule has 63 heavy (non-hydrogen) atoms. The van der Waals surface area contributed by atoms with E-state index in [1.165, 1.54) is 186 Å². The smallest absolute Gasteiger partial charge is 0.119 e. The first kappa shape index (κ1) is 63.1. The Morgan fingerprint density at radius 2 is 0.921 bits per heavy atom. The molecule has 1 rings (SSSR count). The fourth-order valence-electron chi connectivity index (χ4n) is 8.12. The van der Waals surface area contributed by atoms with Gasteiger partial charge in [0.25, 0.3) is 0 Å². The number of unbranched alkanes of at least 4 members (excludes halogenated alkanes) is 25. The van der Waals surface area contributed by atoms with Gasteiger partial charge in [-0.1, -0.05) is 182 Å². The van der Waals surface area contributed by atoms with Gasteiger partial charge < -0.3 is 34.6 Å². The van der Waals surface area contributed by atoms with Gasteiger partial charge in [-0.3, -0.25) is 4.98 Å². The van der Waals surface area contributed by atoms with Crippen molar-refractivity contribution in [1.29, 1.82) is 0 Å². The molecule has 1 aromatic rings. The second kappa shape index (κ2) is 54.3. The highest BCUT2D eigenvalue weighted by atomic mass is 16.5. The Balaban J connectivity index is 0. The highest BCUT2D eigenvalue weighted by Crippen LogP contribution is 2.19. The van der Waals surface area contributed by atoms with E-state index in [-0.39, 0.29) is 0 Å². The van der Waals surface area contributed by atoms with Crippen LogP contribution in [-0.4, -0.2) is 82.1 Å². The maximum atomic E-state index is 10.4. The highest BCUT2D eigenvalue weighted by Gasteiger charge is 2.08. The van der Waals surface area contributed by atoms with Gasteiger partial charge in [0.05, 0.1) is 29.8 Å². The maximum Gasteiger partial charge on any atom is 0.119 e. The molecule has 0 aliphatic carbocycles. The molecule has 0 saturated heterocycles. The van der Waals surface area contributed by atoms with Gasteiger partial charge >= 0.3 is 0 Å². The number of nitrogens with one attached hydrogen (secondary N) is 2.